The number of nitrogens with one attached hydrogen (secondary N) is 2. The van der Waals surface area contributed by atoms with Crippen LogP contribution in [0.25, 0.3) is 28.4 Å². The number of rotatable bonds is 11. The van der Waals surface area contributed by atoms with Crippen molar-refractivity contribution in [3.05, 3.63) is 131 Å². The summed E-state index contributed by atoms with van der Waals surface area (Å²) in [4.78, 5) is 26.2. The average Bonchev–Trinajstić information content (AvgIpc) is 3.48. The van der Waals surface area contributed by atoms with Gasteiger partial charge in [0.1, 0.15) is 11.3 Å². The fraction of sp³-hybridized carbons (Fsp3) is 0.211. The first-order valence-electron chi connectivity index (χ1n) is 15.0. The minimum Gasteiger partial charge on any atom is -0.456 e. The van der Waals surface area contributed by atoms with E-state index in [0.717, 1.165) is 39.0 Å². The standard InChI is InChI=1S/C38H38N2O4S/c1-38(2,3)21-20-26-8-12-28(13-9-26)33(24-27-10-14-30(15-11-27)36(41)39-22-23-45-43)37(42)40-32-18-16-29(17-19-32)35-25-31-6-4-5-7-34(31)44-35/h4-21,25,33,43H,22-24H2,1-3H3,(H,39,41)(H,40,42)/b21-20+. The largest absolute Gasteiger partial charge is 0.456 e. The lowest BCUT2D eigenvalue weighted by atomic mass is 9.89. The normalized spacial score (nSPS) is 12.4. The van der Waals surface area contributed by atoms with E-state index in [1.54, 1.807) is 12.1 Å². The lowest BCUT2D eigenvalue weighted by Crippen LogP contribution is -2.25. The Hall–Kier alpha value is -4.59. The van der Waals surface area contributed by atoms with Gasteiger partial charge in [-0.05, 0) is 89.1 Å². The molecular weight excluding hydrogens is 580 g/mol. The van der Waals surface area contributed by atoms with E-state index in [-0.39, 0.29) is 17.2 Å². The highest BCUT2D eigenvalue weighted by Crippen LogP contribution is 2.30. The van der Waals surface area contributed by atoms with Crippen molar-refractivity contribution in [3.63, 3.8) is 0 Å². The molecule has 0 aliphatic carbocycles. The summed E-state index contributed by atoms with van der Waals surface area (Å²) in [6.45, 7) is 6.85. The lowest BCUT2D eigenvalue weighted by Gasteiger charge is -2.18. The van der Waals surface area contributed by atoms with Crippen molar-refractivity contribution >= 4 is 46.6 Å². The summed E-state index contributed by atoms with van der Waals surface area (Å²) in [6, 6.07) is 33.0. The maximum Gasteiger partial charge on any atom is 0.251 e. The van der Waals surface area contributed by atoms with Crippen molar-refractivity contribution in [2.75, 3.05) is 17.6 Å². The molecule has 1 unspecified atom stereocenters. The molecule has 7 heteroatoms. The first-order valence-corrected chi connectivity index (χ1v) is 16.0. The Morgan fingerprint density at radius 1 is 0.911 bits per heavy atom. The van der Waals surface area contributed by atoms with E-state index in [1.807, 2.05) is 91.0 Å². The summed E-state index contributed by atoms with van der Waals surface area (Å²) in [5, 5.41) is 6.94. The molecule has 230 valence electrons. The third-order valence-electron chi connectivity index (χ3n) is 7.43. The van der Waals surface area contributed by atoms with Crippen LogP contribution in [0.15, 0.2) is 114 Å². The molecule has 0 bridgehead atoms. The quantitative estimate of drug-likeness (QED) is 0.101. The lowest BCUT2D eigenvalue weighted by molar-refractivity contribution is -0.117. The molecule has 1 atom stereocenters. The Morgan fingerprint density at radius 2 is 1.62 bits per heavy atom. The van der Waals surface area contributed by atoms with Crippen molar-refractivity contribution in [2.45, 2.75) is 33.1 Å². The van der Waals surface area contributed by atoms with Crippen molar-refractivity contribution in [1.82, 2.24) is 5.32 Å². The molecular formula is C38H38N2O4S. The Kier molecular flexibility index (Phi) is 10.2. The van der Waals surface area contributed by atoms with Crippen LogP contribution in [0.1, 0.15) is 53.7 Å². The van der Waals surface area contributed by atoms with Crippen LogP contribution >= 0.6 is 12.0 Å². The molecule has 1 heterocycles. The van der Waals surface area contributed by atoms with Gasteiger partial charge in [-0.3, -0.25) is 9.59 Å². The number of para-hydroxylation sites is 1. The molecule has 0 radical (unpaired) electrons. The van der Waals surface area contributed by atoms with Crippen LogP contribution in [-0.2, 0) is 11.2 Å². The number of carbonyl (C=O) groups excluding carboxylic acids is 2. The van der Waals surface area contributed by atoms with Crippen molar-refractivity contribution in [3.8, 4) is 11.3 Å². The van der Waals surface area contributed by atoms with Crippen molar-refractivity contribution < 1.29 is 18.6 Å². The summed E-state index contributed by atoms with van der Waals surface area (Å²) < 4.78 is 14.9. The first kappa shape index (κ1) is 31.8. The number of carbonyl (C=O) groups is 2. The van der Waals surface area contributed by atoms with Crippen molar-refractivity contribution in [2.24, 2.45) is 5.41 Å². The number of fused-ring (bicyclic) bond motifs is 1. The second-order valence-electron chi connectivity index (χ2n) is 12.1. The van der Waals surface area contributed by atoms with E-state index in [2.05, 4.69) is 43.6 Å². The molecule has 5 aromatic rings. The van der Waals surface area contributed by atoms with E-state index in [0.29, 0.717) is 42.0 Å². The van der Waals surface area contributed by atoms with Crippen LogP contribution in [0.3, 0.4) is 0 Å². The fourth-order valence-electron chi connectivity index (χ4n) is 4.96. The SMILES string of the molecule is CC(C)(C)/C=C/c1ccc(C(Cc2ccc(C(=O)NCCSO)cc2)C(=O)Nc2ccc(-c3cc4ccccc4o3)cc2)cc1. The maximum absolute atomic E-state index is 13.8. The molecule has 2 amide bonds. The number of allylic oxidation sites excluding steroid dienone is 1. The van der Waals surface area contributed by atoms with E-state index in [9.17, 15) is 9.59 Å². The number of furan rings is 1. The number of hydrogen-bond donors (Lipinski definition) is 3. The Bertz CT molecular complexity index is 1730. The van der Waals surface area contributed by atoms with Gasteiger partial charge in [-0.25, -0.2) is 0 Å². The molecule has 0 spiro atoms. The average molecular weight is 619 g/mol. The molecule has 6 nitrogen and oxygen atoms in total. The summed E-state index contributed by atoms with van der Waals surface area (Å²) >= 11 is 0.693. The highest BCUT2D eigenvalue weighted by Gasteiger charge is 2.22. The van der Waals surface area contributed by atoms with E-state index < -0.39 is 5.92 Å². The third kappa shape index (κ3) is 8.75. The van der Waals surface area contributed by atoms with Crippen LogP contribution in [0.5, 0.6) is 0 Å². The Morgan fingerprint density at radius 3 is 2.29 bits per heavy atom. The van der Waals surface area contributed by atoms with Gasteiger partial charge in [0.2, 0.25) is 5.91 Å². The first-order chi connectivity index (χ1) is 21.7. The highest BCUT2D eigenvalue weighted by atomic mass is 32.2. The van der Waals surface area contributed by atoms with E-state index >= 15 is 0 Å². The zero-order valence-corrected chi connectivity index (χ0v) is 26.6. The zero-order chi connectivity index (χ0) is 31.8. The van der Waals surface area contributed by atoms with Gasteiger partial charge >= 0.3 is 0 Å². The molecule has 0 aliphatic heterocycles. The van der Waals surface area contributed by atoms with Crippen LogP contribution in [0.4, 0.5) is 5.69 Å². The predicted octanol–water partition coefficient (Wildman–Crippen LogP) is 9.06. The number of hydrogen-bond acceptors (Lipinski definition) is 5. The van der Waals surface area contributed by atoms with Crippen LogP contribution in [0, 0.1) is 5.41 Å². The maximum atomic E-state index is 13.8. The molecule has 0 aliphatic rings. The zero-order valence-electron chi connectivity index (χ0n) is 25.7. The van der Waals surface area contributed by atoms with Gasteiger partial charge in [-0.1, -0.05) is 87.5 Å². The molecule has 4 aromatic carbocycles. The Balaban J connectivity index is 1.34. The van der Waals surface area contributed by atoms with Gasteiger partial charge in [0.25, 0.3) is 5.91 Å². The van der Waals surface area contributed by atoms with Gasteiger partial charge in [0.15, 0.2) is 0 Å². The minimum atomic E-state index is -0.457. The van der Waals surface area contributed by atoms with Crippen LogP contribution in [-0.4, -0.2) is 28.7 Å². The van der Waals surface area contributed by atoms with E-state index in [4.69, 9.17) is 8.97 Å². The van der Waals surface area contributed by atoms with Crippen LogP contribution in [0.2, 0.25) is 0 Å². The number of benzene rings is 4. The molecule has 1 aromatic heterocycles. The highest BCUT2D eigenvalue weighted by molar-refractivity contribution is 7.93. The van der Waals surface area contributed by atoms with Gasteiger partial charge in [-0.2, -0.15) is 0 Å². The summed E-state index contributed by atoms with van der Waals surface area (Å²) in [6.07, 6.45) is 4.73. The molecule has 0 saturated carbocycles. The molecule has 5 rings (SSSR count). The topological polar surface area (TPSA) is 91.6 Å². The van der Waals surface area contributed by atoms with Gasteiger partial charge < -0.3 is 19.6 Å². The third-order valence-corrected chi connectivity index (χ3v) is 7.82. The predicted molar refractivity (Wildman–Crippen MR) is 186 cm³/mol. The Labute approximate surface area is 268 Å². The molecule has 0 fully saturated rings. The summed E-state index contributed by atoms with van der Waals surface area (Å²) in [5.74, 6) is 0.426. The summed E-state index contributed by atoms with van der Waals surface area (Å²) in [5.41, 5.74) is 5.98. The monoisotopic (exact) mass is 618 g/mol. The van der Waals surface area contributed by atoms with Gasteiger partial charge in [0, 0.05) is 34.5 Å². The minimum absolute atomic E-state index is 0.0713. The number of amides is 2. The molecule has 0 saturated heterocycles. The van der Waals surface area contributed by atoms with E-state index in [1.165, 1.54) is 0 Å². The second kappa shape index (κ2) is 14.5. The number of anilines is 1. The summed E-state index contributed by atoms with van der Waals surface area (Å²) in [7, 11) is 0. The van der Waals surface area contributed by atoms with Crippen LogP contribution < -0.4 is 10.6 Å². The second-order valence-corrected chi connectivity index (χ2v) is 12.8. The molecule has 45 heavy (non-hydrogen) atoms. The smallest absolute Gasteiger partial charge is 0.251 e. The van der Waals surface area contributed by atoms with Gasteiger partial charge in [0.05, 0.1) is 5.92 Å². The fourth-order valence-corrected chi connectivity index (χ4v) is 5.15. The van der Waals surface area contributed by atoms with Gasteiger partial charge in [-0.15, -0.1) is 0 Å². The van der Waals surface area contributed by atoms with Crippen molar-refractivity contribution in [1.29, 1.82) is 0 Å². The molecule has 3 N–H and O–H groups in total.